The molecule has 1 aliphatic carbocycles. The van der Waals surface area contributed by atoms with Crippen molar-refractivity contribution in [1.82, 2.24) is 0 Å². The van der Waals surface area contributed by atoms with Crippen LogP contribution in [-0.2, 0) is 4.79 Å². The molecule has 2 rings (SSSR count). The first-order chi connectivity index (χ1) is 8.16. The predicted octanol–water partition coefficient (Wildman–Crippen LogP) is 2.93. The fraction of sp³-hybridized carbons (Fsp3) is 0.462. The van der Waals surface area contributed by atoms with E-state index in [9.17, 15) is 9.90 Å². The van der Waals surface area contributed by atoms with Crippen molar-refractivity contribution in [3.05, 3.63) is 30.3 Å². The van der Waals surface area contributed by atoms with Crippen LogP contribution >= 0.6 is 11.6 Å². The Balaban J connectivity index is 2.05. The lowest BCUT2D eigenvalue weighted by Crippen LogP contribution is -2.34. The molecule has 1 N–H and O–H groups in total. The molecule has 0 saturated heterocycles. The average molecular weight is 255 g/mol. The molecule has 3 nitrogen and oxygen atoms in total. The number of halogens is 1. The molecule has 0 spiro atoms. The minimum Gasteiger partial charge on any atom is -0.478 e. The Labute approximate surface area is 105 Å². The second-order valence-corrected chi connectivity index (χ2v) is 4.98. The van der Waals surface area contributed by atoms with Crippen molar-refractivity contribution >= 4 is 17.6 Å². The van der Waals surface area contributed by atoms with Gasteiger partial charge < -0.3 is 9.84 Å². The largest absolute Gasteiger partial charge is 0.478 e. The van der Waals surface area contributed by atoms with Gasteiger partial charge >= 0.3 is 5.97 Å². The second-order valence-electron chi connectivity index (χ2n) is 4.36. The van der Waals surface area contributed by atoms with E-state index in [0.29, 0.717) is 12.2 Å². The van der Waals surface area contributed by atoms with Gasteiger partial charge in [-0.3, -0.25) is 0 Å². The summed E-state index contributed by atoms with van der Waals surface area (Å²) in [6.45, 7) is 0. The van der Waals surface area contributed by atoms with Gasteiger partial charge in [0.1, 0.15) is 5.75 Å². The monoisotopic (exact) mass is 254 g/mol. The summed E-state index contributed by atoms with van der Waals surface area (Å²) in [5.74, 6) is -0.308. The number of carboxylic acid groups (broad SMARTS) is 1. The molecule has 4 heteroatoms. The van der Waals surface area contributed by atoms with Crippen LogP contribution in [0.25, 0.3) is 0 Å². The molecule has 0 bridgehead atoms. The van der Waals surface area contributed by atoms with E-state index < -0.39 is 12.1 Å². The fourth-order valence-electron chi connectivity index (χ4n) is 2.23. The van der Waals surface area contributed by atoms with Gasteiger partial charge in [-0.1, -0.05) is 18.2 Å². The number of carboxylic acids is 1. The third kappa shape index (κ3) is 3.13. The first-order valence-corrected chi connectivity index (χ1v) is 6.19. The van der Waals surface area contributed by atoms with Crippen LogP contribution < -0.4 is 4.74 Å². The first-order valence-electron chi connectivity index (χ1n) is 5.75. The summed E-state index contributed by atoms with van der Waals surface area (Å²) < 4.78 is 5.55. The van der Waals surface area contributed by atoms with Gasteiger partial charge in [0, 0.05) is 11.3 Å². The van der Waals surface area contributed by atoms with E-state index in [-0.39, 0.29) is 11.3 Å². The molecule has 1 fully saturated rings. The zero-order chi connectivity index (χ0) is 12.3. The van der Waals surface area contributed by atoms with Crippen molar-refractivity contribution in [3.8, 4) is 5.75 Å². The van der Waals surface area contributed by atoms with Gasteiger partial charge in [0.2, 0.25) is 0 Å². The molecule has 1 aromatic rings. The van der Waals surface area contributed by atoms with Gasteiger partial charge in [-0.05, 0) is 31.4 Å². The Morgan fingerprint density at radius 3 is 2.59 bits per heavy atom. The molecule has 17 heavy (non-hydrogen) atoms. The van der Waals surface area contributed by atoms with Crippen LogP contribution in [0.4, 0.5) is 0 Å². The first kappa shape index (κ1) is 12.2. The van der Waals surface area contributed by atoms with E-state index >= 15 is 0 Å². The summed E-state index contributed by atoms with van der Waals surface area (Å²) in [7, 11) is 0. The van der Waals surface area contributed by atoms with E-state index in [1.807, 2.05) is 18.2 Å². The van der Waals surface area contributed by atoms with Crippen LogP contribution in [0.5, 0.6) is 5.75 Å². The van der Waals surface area contributed by atoms with Crippen LogP contribution in [-0.4, -0.2) is 22.6 Å². The van der Waals surface area contributed by atoms with Gasteiger partial charge in [0.25, 0.3) is 0 Å². The molecule has 0 heterocycles. The van der Waals surface area contributed by atoms with Crippen LogP contribution in [0.2, 0.25) is 0 Å². The number of benzene rings is 1. The molecule has 1 saturated carbocycles. The quantitative estimate of drug-likeness (QED) is 0.841. The molecule has 1 aromatic carbocycles. The normalized spacial score (nSPS) is 25.5. The summed E-state index contributed by atoms with van der Waals surface area (Å²) in [5, 5.41) is 9.30. The van der Waals surface area contributed by atoms with Gasteiger partial charge in [0.05, 0.1) is 0 Å². The standard InChI is InChI=1S/C13H15ClO3/c14-10-7-6-9(8-10)12(13(15)16)17-11-4-2-1-3-5-11/h1-5,9-10,12H,6-8H2,(H,15,16). The number of para-hydroxylation sites is 1. The van der Waals surface area contributed by atoms with E-state index in [1.165, 1.54) is 0 Å². The highest BCUT2D eigenvalue weighted by atomic mass is 35.5. The Morgan fingerprint density at radius 2 is 2.06 bits per heavy atom. The number of rotatable bonds is 4. The van der Waals surface area contributed by atoms with Gasteiger partial charge in [-0.2, -0.15) is 0 Å². The molecule has 0 aliphatic heterocycles. The number of carbonyl (C=O) groups is 1. The Kier molecular flexibility index (Phi) is 3.89. The lowest BCUT2D eigenvalue weighted by molar-refractivity contribution is -0.147. The zero-order valence-corrected chi connectivity index (χ0v) is 10.1. The van der Waals surface area contributed by atoms with Gasteiger partial charge in [0.15, 0.2) is 6.10 Å². The number of hydrogen-bond donors (Lipinski definition) is 1. The molecule has 1 aliphatic rings. The summed E-state index contributed by atoms with van der Waals surface area (Å²) in [6.07, 6.45) is 1.61. The van der Waals surface area contributed by atoms with Gasteiger partial charge in [-0.25, -0.2) is 4.79 Å². The molecule has 0 radical (unpaired) electrons. The minimum absolute atomic E-state index is 0.00945. The minimum atomic E-state index is -0.912. The summed E-state index contributed by atoms with van der Waals surface area (Å²) in [6, 6.07) is 9.06. The van der Waals surface area contributed by atoms with Crippen LogP contribution in [0.3, 0.4) is 0 Å². The van der Waals surface area contributed by atoms with Crippen molar-refractivity contribution < 1.29 is 14.6 Å². The summed E-state index contributed by atoms with van der Waals surface area (Å²) >= 11 is 6.01. The second kappa shape index (κ2) is 5.41. The fourth-order valence-corrected chi connectivity index (χ4v) is 2.58. The van der Waals surface area contributed by atoms with Crippen molar-refractivity contribution in [2.45, 2.75) is 30.7 Å². The maximum Gasteiger partial charge on any atom is 0.345 e. The third-order valence-electron chi connectivity index (χ3n) is 3.09. The maximum absolute atomic E-state index is 11.2. The number of aliphatic carboxylic acids is 1. The van der Waals surface area contributed by atoms with Crippen LogP contribution in [0.1, 0.15) is 19.3 Å². The summed E-state index contributed by atoms with van der Waals surface area (Å²) in [5.41, 5.74) is 0. The lowest BCUT2D eigenvalue weighted by Gasteiger charge is -2.20. The number of hydrogen-bond acceptors (Lipinski definition) is 2. The third-order valence-corrected chi connectivity index (χ3v) is 3.48. The van der Waals surface area contributed by atoms with Gasteiger partial charge in [-0.15, -0.1) is 11.6 Å². The zero-order valence-electron chi connectivity index (χ0n) is 9.38. The highest BCUT2D eigenvalue weighted by Crippen LogP contribution is 2.33. The van der Waals surface area contributed by atoms with Crippen molar-refractivity contribution in [3.63, 3.8) is 0 Å². The smallest absolute Gasteiger partial charge is 0.345 e. The summed E-state index contributed by atoms with van der Waals surface area (Å²) in [4.78, 5) is 11.2. The van der Waals surface area contributed by atoms with Crippen molar-refractivity contribution in [1.29, 1.82) is 0 Å². The molecule has 3 atom stereocenters. The number of ether oxygens (including phenoxy) is 1. The van der Waals surface area contributed by atoms with Crippen LogP contribution in [0, 0.1) is 5.92 Å². The van der Waals surface area contributed by atoms with Crippen molar-refractivity contribution in [2.24, 2.45) is 5.92 Å². The molecule has 0 amide bonds. The SMILES string of the molecule is O=C(O)C(Oc1ccccc1)C1CCC(Cl)C1. The molecule has 3 unspecified atom stereocenters. The Morgan fingerprint density at radius 1 is 1.35 bits per heavy atom. The average Bonchev–Trinajstić information content (AvgIpc) is 2.73. The molecular formula is C13H15ClO3. The molecular weight excluding hydrogens is 240 g/mol. The molecule has 0 aromatic heterocycles. The highest BCUT2D eigenvalue weighted by Gasteiger charge is 2.35. The number of alkyl halides is 1. The van der Waals surface area contributed by atoms with E-state index in [1.54, 1.807) is 12.1 Å². The van der Waals surface area contributed by atoms with Crippen LogP contribution in [0.15, 0.2) is 30.3 Å². The lowest BCUT2D eigenvalue weighted by atomic mass is 10.0. The Hall–Kier alpha value is -1.22. The highest BCUT2D eigenvalue weighted by molar-refractivity contribution is 6.20. The molecule has 92 valence electrons. The topological polar surface area (TPSA) is 46.5 Å². The predicted molar refractivity (Wildman–Crippen MR) is 65.5 cm³/mol. The van der Waals surface area contributed by atoms with Crippen molar-refractivity contribution in [2.75, 3.05) is 0 Å². The maximum atomic E-state index is 11.2. The van der Waals surface area contributed by atoms with E-state index in [4.69, 9.17) is 16.3 Å². The van der Waals surface area contributed by atoms with E-state index in [2.05, 4.69) is 0 Å². The van der Waals surface area contributed by atoms with E-state index in [0.717, 1.165) is 12.8 Å². The Bertz CT molecular complexity index is 380.